The van der Waals surface area contributed by atoms with E-state index in [1.54, 1.807) is 0 Å². The van der Waals surface area contributed by atoms with E-state index in [0.717, 1.165) is 83.5 Å². The molecule has 0 spiro atoms. The molecule has 0 aliphatic carbocycles. The zero-order valence-electron chi connectivity index (χ0n) is 54.9. The predicted octanol–water partition coefficient (Wildman–Crippen LogP) is 24.8. The second kappa shape index (κ2) is 70.8. The SMILES string of the molecule is CC/C=C\C/C=C\C/C=C\C/C=C\C/C=C\CC(=O)OCC(COC(=O)CCCCCCCCCCCC/C=C\C/C=C\C/C=C\CCCCCCC)OC(=O)CCCCCCCCCCCCCCCCCCCCCCCCCCC. The van der Waals surface area contributed by atoms with Gasteiger partial charge in [-0.1, -0.05) is 349 Å². The number of carbonyl (C=O) groups is 3. The Morgan fingerprint density at radius 2 is 0.518 bits per heavy atom. The molecule has 0 N–H and O–H groups in total. The van der Waals surface area contributed by atoms with Gasteiger partial charge < -0.3 is 14.2 Å². The molecular weight excluding hydrogens is 1020 g/mol. The Labute approximate surface area is 515 Å². The minimum absolute atomic E-state index is 0.107. The highest BCUT2D eigenvalue weighted by Crippen LogP contribution is 2.18. The molecule has 0 fully saturated rings. The first kappa shape index (κ1) is 79.3. The third kappa shape index (κ3) is 69.0. The van der Waals surface area contributed by atoms with Crippen LogP contribution in [0, 0.1) is 0 Å². The maximum Gasteiger partial charge on any atom is 0.309 e. The number of esters is 3. The summed E-state index contributed by atoms with van der Waals surface area (Å²) in [4.78, 5) is 38.4. The normalized spacial score (nSPS) is 12.7. The van der Waals surface area contributed by atoms with E-state index in [9.17, 15) is 14.4 Å². The van der Waals surface area contributed by atoms with Crippen LogP contribution in [0.5, 0.6) is 0 Å². The Bertz CT molecular complexity index is 1610. The van der Waals surface area contributed by atoms with E-state index in [4.69, 9.17) is 14.2 Å². The molecule has 0 saturated heterocycles. The van der Waals surface area contributed by atoms with Crippen molar-refractivity contribution in [3.8, 4) is 0 Å². The van der Waals surface area contributed by atoms with Crippen LogP contribution >= 0.6 is 0 Å². The smallest absolute Gasteiger partial charge is 0.309 e. The topological polar surface area (TPSA) is 78.9 Å². The van der Waals surface area contributed by atoms with Gasteiger partial charge in [-0.25, -0.2) is 0 Å². The average Bonchev–Trinajstić information content (AvgIpc) is 3.49. The number of hydrogen-bond acceptors (Lipinski definition) is 6. The number of carbonyl (C=O) groups excluding carboxylic acids is 3. The molecule has 478 valence electrons. The van der Waals surface area contributed by atoms with Crippen LogP contribution in [0.3, 0.4) is 0 Å². The maximum atomic E-state index is 13.0. The lowest BCUT2D eigenvalue weighted by atomic mass is 10.0. The van der Waals surface area contributed by atoms with Gasteiger partial charge in [0.2, 0.25) is 0 Å². The van der Waals surface area contributed by atoms with Crippen molar-refractivity contribution < 1.29 is 28.6 Å². The highest BCUT2D eigenvalue weighted by Gasteiger charge is 2.19. The Morgan fingerprint density at radius 1 is 0.265 bits per heavy atom. The third-order valence-corrected chi connectivity index (χ3v) is 15.6. The quantitative estimate of drug-likeness (QED) is 0.0261. The summed E-state index contributed by atoms with van der Waals surface area (Å²) in [6.45, 7) is 6.47. The second-order valence-electron chi connectivity index (χ2n) is 23.8. The molecule has 0 radical (unpaired) electrons. The van der Waals surface area contributed by atoms with Crippen molar-refractivity contribution in [2.45, 2.75) is 361 Å². The number of rotatable bonds is 65. The van der Waals surface area contributed by atoms with Crippen LogP contribution in [0.15, 0.2) is 97.2 Å². The molecule has 0 saturated carbocycles. The van der Waals surface area contributed by atoms with Crippen molar-refractivity contribution in [2.75, 3.05) is 13.2 Å². The van der Waals surface area contributed by atoms with E-state index < -0.39 is 12.1 Å². The Balaban J connectivity index is 4.36. The summed E-state index contributed by atoms with van der Waals surface area (Å²) in [6.07, 6.45) is 96.1. The van der Waals surface area contributed by atoms with Crippen molar-refractivity contribution in [3.63, 3.8) is 0 Å². The fourth-order valence-electron chi connectivity index (χ4n) is 10.3. The van der Waals surface area contributed by atoms with E-state index >= 15 is 0 Å². The minimum atomic E-state index is -0.820. The van der Waals surface area contributed by atoms with Gasteiger partial charge in [-0.2, -0.15) is 0 Å². The molecule has 0 amide bonds. The van der Waals surface area contributed by atoms with Crippen LogP contribution in [-0.4, -0.2) is 37.2 Å². The molecule has 0 aliphatic rings. The molecular formula is C77H134O6. The summed E-state index contributed by atoms with van der Waals surface area (Å²) >= 11 is 0. The van der Waals surface area contributed by atoms with E-state index in [2.05, 4.69) is 106 Å². The summed E-state index contributed by atoms with van der Waals surface area (Å²) in [5, 5.41) is 0. The molecule has 6 nitrogen and oxygen atoms in total. The predicted molar refractivity (Wildman–Crippen MR) is 362 cm³/mol. The zero-order chi connectivity index (χ0) is 59.9. The van der Waals surface area contributed by atoms with E-state index in [1.165, 1.54) is 231 Å². The standard InChI is InChI=1S/C77H134O6/c1-4-7-10-13-16-19-22-25-28-30-32-34-36-38-40-42-44-46-49-52-55-58-61-64-67-70-76(79)82-73-74(72-81-75(78)69-66-63-60-57-54-51-48-27-24-21-18-15-12-9-6-3)83-77(80)71-68-65-62-59-56-53-50-47-45-43-41-39-37-35-33-31-29-26-23-20-17-14-11-8-5-2/h9,12,18,21-22,25,27,30,32,36,38,48,54,57,63,66,74H,4-8,10-11,13-17,19-20,23-24,26,28-29,31,33-35,37,39-47,49-53,55-56,58-62,64-65,67-73H2,1-3H3/b12-9-,21-18-,25-22-,32-30-,38-36-,48-27-,57-54-,66-63-. The average molecular weight is 1160 g/mol. The highest BCUT2D eigenvalue weighted by atomic mass is 16.6. The number of ether oxygens (including phenoxy) is 3. The molecule has 0 aromatic carbocycles. The molecule has 0 rings (SSSR count). The van der Waals surface area contributed by atoms with Gasteiger partial charge in [0, 0.05) is 12.8 Å². The van der Waals surface area contributed by atoms with Crippen LogP contribution in [0.25, 0.3) is 0 Å². The molecule has 0 aliphatic heterocycles. The van der Waals surface area contributed by atoms with Gasteiger partial charge in [-0.3, -0.25) is 14.4 Å². The fourth-order valence-corrected chi connectivity index (χ4v) is 10.3. The zero-order valence-corrected chi connectivity index (χ0v) is 54.9. The van der Waals surface area contributed by atoms with Gasteiger partial charge in [0.05, 0.1) is 6.42 Å². The third-order valence-electron chi connectivity index (χ3n) is 15.6. The molecule has 0 aromatic rings. The minimum Gasteiger partial charge on any atom is -0.462 e. The van der Waals surface area contributed by atoms with E-state index in [-0.39, 0.29) is 31.6 Å². The molecule has 1 unspecified atom stereocenters. The van der Waals surface area contributed by atoms with Crippen molar-refractivity contribution in [3.05, 3.63) is 97.2 Å². The molecule has 0 aromatic heterocycles. The Hall–Kier alpha value is -3.67. The van der Waals surface area contributed by atoms with Gasteiger partial charge in [-0.15, -0.1) is 0 Å². The van der Waals surface area contributed by atoms with Crippen molar-refractivity contribution in [2.24, 2.45) is 0 Å². The van der Waals surface area contributed by atoms with Gasteiger partial charge in [0.15, 0.2) is 6.10 Å². The fraction of sp³-hybridized carbons (Fsp3) is 0.753. The van der Waals surface area contributed by atoms with E-state index in [0.29, 0.717) is 12.8 Å². The first-order chi connectivity index (χ1) is 41.0. The lowest BCUT2D eigenvalue weighted by Crippen LogP contribution is -2.30. The van der Waals surface area contributed by atoms with Gasteiger partial charge in [0.25, 0.3) is 0 Å². The van der Waals surface area contributed by atoms with Gasteiger partial charge >= 0.3 is 17.9 Å². The highest BCUT2D eigenvalue weighted by molar-refractivity contribution is 5.72. The number of hydrogen-bond donors (Lipinski definition) is 0. The molecule has 6 heteroatoms. The van der Waals surface area contributed by atoms with Crippen molar-refractivity contribution >= 4 is 17.9 Å². The lowest BCUT2D eigenvalue weighted by Gasteiger charge is -2.18. The first-order valence-corrected chi connectivity index (χ1v) is 35.7. The van der Waals surface area contributed by atoms with Crippen LogP contribution in [-0.2, 0) is 28.6 Å². The van der Waals surface area contributed by atoms with Crippen molar-refractivity contribution in [1.82, 2.24) is 0 Å². The maximum absolute atomic E-state index is 13.0. The van der Waals surface area contributed by atoms with Crippen LogP contribution in [0.2, 0.25) is 0 Å². The monoisotopic (exact) mass is 1160 g/mol. The van der Waals surface area contributed by atoms with Crippen LogP contribution in [0.1, 0.15) is 355 Å². The van der Waals surface area contributed by atoms with Gasteiger partial charge in [-0.05, 0) is 83.5 Å². The Morgan fingerprint density at radius 3 is 0.843 bits per heavy atom. The lowest BCUT2D eigenvalue weighted by molar-refractivity contribution is -0.166. The first-order valence-electron chi connectivity index (χ1n) is 35.7. The summed E-state index contributed by atoms with van der Waals surface area (Å²) in [6, 6.07) is 0. The van der Waals surface area contributed by atoms with Crippen molar-refractivity contribution in [1.29, 1.82) is 0 Å². The summed E-state index contributed by atoms with van der Waals surface area (Å²) < 4.78 is 16.9. The molecule has 0 bridgehead atoms. The largest absolute Gasteiger partial charge is 0.462 e. The van der Waals surface area contributed by atoms with Crippen LogP contribution in [0.4, 0.5) is 0 Å². The Kier molecular flexibility index (Phi) is 67.7. The number of unbranched alkanes of at least 4 members (excludes halogenated alkanes) is 39. The summed E-state index contributed by atoms with van der Waals surface area (Å²) in [5.41, 5.74) is 0. The molecule has 1 atom stereocenters. The molecule has 83 heavy (non-hydrogen) atoms. The van der Waals surface area contributed by atoms with Gasteiger partial charge in [0.1, 0.15) is 13.2 Å². The summed E-state index contributed by atoms with van der Waals surface area (Å²) in [7, 11) is 0. The number of allylic oxidation sites excluding steroid dienone is 15. The molecule has 0 heterocycles. The second-order valence-corrected chi connectivity index (χ2v) is 23.8. The van der Waals surface area contributed by atoms with E-state index in [1.807, 2.05) is 12.2 Å². The van der Waals surface area contributed by atoms with Crippen LogP contribution < -0.4 is 0 Å². The summed E-state index contributed by atoms with van der Waals surface area (Å²) in [5.74, 6) is -1.03.